The fourth-order valence-electron chi connectivity index (χ4n) is 10.4. The van der Waals surface area contributed by atoms with Crippen LogP contribution in [0.1, 0.15) is 29.2 Å². The molecule has 11 aromatic rings. The fraction of sp³-hybridized carbons (Fsp3) is 0.0476. The lowest BCUT2D eigenvalue weighted by Crippen LogP contribution is -2.22. The average Bonchev–Trinajstić information content (AvgIpc) is 3.83. The molecule has 0 aliphatic heterocycles. The van der Waals surface area contributed by atoms with Crippen molar-refractivity contribution in [1.82, 2.24) is 4.57 Å². The maximum Gasteiger partial charge on any atom is 0.0541 e. The Bertz CT molecular complexity index is 3530. The zero-order chi connectivity index (χ0) is 43.5. The number of aromatic nitrogens is 1. The average molecular weight is 831 g/mol. The van der Waals surface area contributed by atoms with Gasteiger partial charge in [-0.2, -0.15) is 0 Å². The third kappa shape index (κ3) is 6.49. The molecule has 0 fully saturated rings. The Morgan fingerprint density at radius 3 is 1.52 bits per heavy atom. The maximum absolute atomic E-state index is 2.44. The molecule has 10 aromatic carbocycles. The number of hydrogen-bond donors (Lipinski definition) is 0. The fourth-order valence-corrected chi connectivity index (χ4v) is 10.4. The first-order valence-electron chi connectivity index (χ1n) is 22.6. The van der Waals surface area contributed by atoms with Gasteiger partial charge < -0.3 is 9.47 Å². The summed E-state index contributed by atoms with van der Waals surface area (Å²) in [5.41, 5.74) is 21.6. The zero-order valence-corrected chi connectivity index (χ0v) is 36.5. The summed E-state index contributed by atoms with van der Waals surface area (Å²) in [4.78, 5) is 2.42. The third-order valence-electron chi connectivity index (χ3n) is 13.7. The summed E-state index contributed by atoms with van der Waals surface area (Å²) >= 11 is 0. The molecule has 1 aromatic heterocycles. The summed E-state index contributed by atoms with van der Waals surface area (Å²) in [6.45, 7) is 4.57. The summed E-state index contributed by atoms with van der Waals surface area (Å²) < 4.78 is 2.39. The van der Waals surface area contributed by atoms with E-state index in [1.54, 1.807) is 0 Å². The Hall–Kier alpha value is -8.20. The molecule has 0 bridgehead atoms. The van der Waals surface area contributed by atoms with Gasteiger partial charge in [-0.3, -0.25) is 0 Å². The van der Waals surface area contributed by atoms with Crippen molar-refractivity contribution in [1.29, 1.82) is 0 Å². The minimum Gasteiger partial charge on any atom is -0.310 e. The Morgan fingerprint density at radius 1 is 0.354 bits per heavy atom. The number of para-hydroxylation sites is 1. The van der Waals surface area contributed by atoms with Gasteiger partial charge in [0, 0.05) is 38.9 Å². The van der Waals surface area contributed by atoms with E-state index in [0.29, 0.717) is 0 Å². The van der Waals surface area contributed by atoms with Gasteiger partial charge in [0.15, 0.2) is 0 Å². The van der Waals surface area contributed by atoms with Crippen LogP contribution in [-0.2, 0) is 5.41 Å². The molecule has 1 aliphatic rings. The van der Waals surface area contributed by atoms with Crippen LogP contribution in [0.15, 0.2) is 243 Å². The second-order valence-electron chi connectivity index (χ2n) is 17.6. The first-order valence-corrected chi connectivity index (χ1v) is 22.6. The molecular weight excluding hydrogens is 785 g/mol. The van der Waals surface area contributed by atoms with E-state index >= 15 is 0 Å². The van der Waals surface area contributed by atoms with Gasteiger partial charge in [-0.1, -0.05) is 169 Å². The Morgan fingerprint density at radius 2 is 0.846 bits per heavy atom. The molecular formula is C63H46N2. The number of aryl methyl sites for hydroxylation is 1. The van der Waals surface area contributed by atoms with Gasteiger partial charge >= 0.3 is 0 Å². The highest BCUT2D eigenvalue weighted by Crippen LogP contribution is 2.54. The minimum absolute atomic E-state index is 0.312. The van der Waals surface area contributed by atoms with Gasteiger partial charge in [0.25, 0.3) is 0 Å². The van der Waals surface area contributed by atoms with Crippen LogP contribution in [0.2, 0.25) is 0 Å². The highest BCUT2D eigenvalue weighted by molar-refractivity contribution is 6.10. The maximum atomic E-state index is 2.44. The number of rotatable bonds is 8. The van der Waals surface area contributed by atoms with Crippen molar-refractivity contribution in [3.8, 4) is 50.2 Å². The van der Waals surface area contributed by atoms with E-state index < -0.39 is 0 Å². The Labute approximate surface area is 381 Å². The standard InChI is InChI=1S/C63H46N2/c1-43-25-37-61-57(39-43)58-41-49(30-38-62(58)65(61)51-21-10-5-11-22-51)46-28-33-53(34-29-46)64(52-31-26-45(27-32-52)48-18-14-17-47(40-48)44-15-6-3-7-16-44)54-35-36-56-55-23-12-13-24-59(55)63(2,60(56)42-54)50-19-8-4-9-20-50/h3-42H,1-2H3. The lowest BCUT2D eigenvalue weighted by molar-refractivity contribution is 0.714. The first-order chi connectivity index (χ1) is 32.0. The molecule has 12 rings (SSSR count). The molecule has 1 aliphatic carbocycles. The van der Waals surface area contributed by atoms with Crippen molar-refractivity contribution in [2.75, 3.05) is 4.90 Å². The van der Waals surface area contributed by atoms with Crippen LogP contribution in [0.25, 0.3) is 72.0 Å². The van der Waals surface area contributed by atoms with E-state index in [1.807, 2.05) is 0 Å². The summed E-state index contributed by atoms with van der Waals surface area (Å²) in [5, 5.41) is 2.52. The Kier molecular flexibility index (Phi) is 9.21. The van der Waals surface area contributed by atoms with Crippen LogP contribution < -0.4 is 4.90 Å². The topological polar surface area (TPSA) is 8.17 Å². The van der Waals surface area contributed by atoms with Crippen LogP contribution in [0.5, 0.6) is 0 Å². The molecule has 0 spiro atoms. The number of anilines is 3. The zero-order valence-electron chi connectivity index (χ0n) is 36.5. The van der Waals surface area contributed by atoms with E-state index in [-0.39, 0.29) is 5.41 Å². The number of nitrogens with zero attached hydrogens (tertiary/aromatic N) is 2. The van der Waals surface area contributed by atoms with Crippen molar-refractivity contribution in [3.63, 3.8) is 0 Å². The largest absolute Gasteiger partial charge is 0.310 e. The lowest BCUT2D eigenvalue weighted by Gasteiger charge is -2.31. The molecule has 65 heavy (non-hydrogen) atoms. The summed E-state index contributed by atoms with van der Waals surface area (Å²) in [5.74, 6) is 0. The molecule has 308 valence electrons. The molecule has 1 atom stereocenters. The molecule has 1 unspecified atom stereocenters. The van der Waals surface area contributed by atoms with Gasteiger partial charge in [0.2, 0.25) is 0 Å². The highest BCUT2D eigenvalue weighted by atomic mass is 15.1. The van der Waals surface area contributed by atoms with Gasteiger partial charge in [-0.25, -0.2) is 0 Å². The smallest absolute Gasteiger partial charge is 0.0541 e. The molecule has 1 heterocycles. The quantitative estimate of drug-likeness (QED) is 0.148. The predicted octanol–water partition coefficient (Wildman–Crippen LogP) is 16.9. The van der Waals surface area contributed by atoms with Gasteiger partial charge in [0.05, 0.1) is 11.0 Å². The highest BCUT2D eigenvalue weighted by Gasteiger charge is 2.41. The summed E-state index contributed by atoms with van der Waals surface area (Å²) in [6.07, 6.45) is 0. The Balaban J connectivity index is 0.972. The van der Waals surface area contributed by atoms with Crippen LogP contribution in [-0.4, -0.2) is 4.57 Å². The predicted molar refractivity (Wildman–Crippen MR) is 274 cm³/mol. The van der Waals surface area contributed by atoms with E-state index in [4.69, 9.17) is 0 Å². The minimum atomic E-state index is -0.312. The van der Waals surface area contributed by atoms with Crippen LogP contribution >= 0.6 is 0 Å². The van der Waals surface area contributed by atoms with Crippen molar-refractivity contribution >= 4 is 38.9 Å². The van der Waals surface area contributed by atoms with Crippen molar-refractivity contribution < 1.29 is 0 Å². The third-order valence-corrected chi connectivity index (χ3v) is 13.7. The number of hydrogen-bond acceptors (Lipinski definition) is 1. The van der Waals surface area contributed by atoms with Gasteiger partial charge in [-0.05, 0) is 154 Å². The molecule has 0 N–H and O–H groups in total. The normalized spacial score (nSPS) is 14.1. The number of benzene rings is 10. The van der Waals surface area contributed by atoms with Crippen LogP contribution in [0.3, 0.4) is 0 Å². The summed E-state index contributed by atoms with van der Waals surface area (Å²) in [7, 11) is 0. The van der Waals surface area contributed by atoms with Crippen LogP contribution in [0.4, 0.5) is 17.1 Å². The molecule has 2 nitrogen and oxygen atoms in total. The second-order valence-corrected chi connectivity index (χ2v) is 17.6. The van der Waals surface area contributed by atoms with Crippen molar-refractivity contribution in [3.05, 3.63) is 265 Å². The van der Waals surface area contributed by atoms with Crippen molar-refractivity contribution in [2.45, 2.75) is 19.3 Å². The molecule has 2 heteroatoms. The van der Waals surface area contributed by atoms with Crippen molar-refractivity contribution in [2.24, 2.45) is 0 Å². The summed E-state index contributed by atoms with van der Waals surface area (Å²) in [6, 6.07) is 89.1. The van der Waals surface area contributed by atoms with E-state index in [1.165, 1.54) is 94.3 Å². The molecule has 0 amide bonds. The lowest BCUT2D eigenvalue weighted by atomic mass is 9.74. The van der Waals surface area contributed by atoms with E-state index in [9.17, 15) is 0 Å². The molecule has 0 saturated heterocycles. The second kappa shape index (κ2) is 15.6. The van der Waals surface area contributed by atoms with E-state index in [2.05, 4.69) is 266 Å². The first kappa shape index (κ1) is 38.5. The van der Waals surface area contributed by atoms with Gasteiger partial charge in [0.1, 0.15) is 0 Å². The van der Waals surface area contributed by atoms with E-state index in [0.717, 1.165) is 17.1 Å². The van der Waals surface area contributed by atoms with Gasteiger partial charge in [-0.15, -0.1) is 0 Å². The number of fused-ring (bicyclic) bond motifs is 6. The monoisotopic (exact) mass is 830 g/mol. The SMILES string of the molecule is Cc1ccc2c(c1)c1cc(-c3ccc(N(c4ccc(-c5cccc(-c6ccccc6)c5)cc4)c4ccc5c(c4)C(C)(c4ccccc4)c4ccccc4-5)cc3)ccc1n2-c1ccccc1. The molecule has 0 saturated carbocycles. The van der Waals surface area contributed by atoms with Crippen LogP contribution in [0, 0.1) is 6.92 Å². The molecule has 0 radical (unpaired) electrons.